The third-order valence-electron chi connectivity index (χ3n) is 12.2. The van der Waals surface area contributed by atoms with Gasteiger partial charge in [0.15, 0.2) is 5.13 Å². The first kappa shape index (κ1) is 38.1. The third kappa shape index (κ3) is 6.17. The van der Waals surface area contributed by atoms with Crippen LogP contribution < -0.4 is 15.5 Å². The van der Waals surface area contributed by atoms with Crippen molar-refractivity contribution in [3.63, 3.8) is 0 Å². The summed E-state index contributed by atoms with van der Waals surface area (Å²) in [7, 11) is 0. The highest BCUT2D eigenvalue weighted by Gasteiger charge is 2.75. The van der Waals surface area contributed by atoms with E-state index in [1.807, 2.05) is 127 Å². The normalized spacial score (nSPS) is 23.6. The zero-order chi connectivity index (χ0) is 41.8. The van der Waals surface area contributed by atoms with Crippen molar-refractivity contribution in [1.82, 2.24) is 15.2 Å². The van der Waals surface area contributed by atoms with Gasteiger partial charge in [0.1, 0.15) is 23.3 Å². The second-order valence-corrected chi connectivity index (χ2v) is 16.6. The number of thiazole rings is 1. The number of nitrogens with zero attached hydrogens (tertiary/aromatic N) is 3. The van der Waals surface area contributed by atoms with Crippen LogP contribution in [0.1, 0.15) is 59.0 Å². The molecule has 4 heterocycles. The van der Waals surface area contributed by atoms with E-state index in [0.29, 0.717) is 16.6 Å². The number of esters is 1. The molecule has 3 N–H and O–H groups in total. The average molecular weight is 826 g/mol. The van der Waals surface area contributed by atoms with Crippen molar-refractivity contribution < 1.29 is 29.0 Å². The van der Waals surface area contributed by atoms with Gasteiger partial charge < -0.3 is 20.5 Å². The van der Waals surface area contributed by atoms with Crippen LogP contribution in [0.15, 0.2) is 164 Å². The lowest BCUT2D eigenvalue weighted by Crippen LogP contribution is -2.55. The molecule has 2 fully saturated rings. The van der Waals surface area contributed by atoms with Crippen LogP contribution in [0, 0.1) is 5.92 Å². The number of phenols is 1. The van der Waals surface area contributed by atoms with Crippen molar-refractivity contribution in [3.05, 3.63) is 192 Å². The van der Waals surface area contributed by atoms with Crippen LogP contribution in [0.4, 0.5) is 15.6 Å². The number of anilines is 2. The zero-order valence-corrected chi connectivity index (χ0v) is 33.6. The van der Waals surface area contributed by atoms with E-state index in [1.165, 1.54) is 23.5 Å². The fourth-order valence-electron chi connectivity index (χ4n) is 9.70. The second kappa shape index (κ2) is 15.1. The van der Waals surface area contributed by atoms with Gasteiger partial charge >= 0.3 is 12.0 Å². The van der Waals surface area contributed by atoms with Gasteiger partial charge in [-0.15, -0.1) is 0 Å². The highest BCUT2D eigenvalue weighted by atomic mass is 32.1. The number of hydrogen-bond donors (Lipinski definition) is 3. The molecule has 12 heteroatoms. The SMILES string of the molecule is CC(NC(=O)N1C(=O)C2(c3ccccc31)C(C(=O)Nc1nc3ccccc3s1)C1C(=O)OC(c3ccccc3)C(c3ccccc3)N1C2c1ccc(O)cc1)c1ccccc1. The number of cyclic esters (lactones) is 1. The van der Waals surface area contributed by atoms with E-state index in [0.717, 1.165) is 26.3 Å². The summed E-state index contributed by atoms with van der Waals surface area (Å²) < 4.78 is 7.36. The number of morpholine rings is 1. The Balaban J connectivity index is 1.22. The molecule has 302 valence electrons. The summed E-state index contributed by atoms with van der Waals surface area (Å²) in [5.74, 6) is -3.49. The first-order chi connectivity index (χ1) is 29.8. The zero-order valence-electron chi connectivity index (χ0n) is 32.8. The molecule has 6 aromatic carbocycles. The van der Waals surface area contributed by atoms with E-state index >= 15 is 14.4 Å². The molecule has 7 atom stereocenters. The van der Waals surface area contributed by atoms with Gasteiger partial charge in [-0.05, 0) is 65.1 Å². The van der Waals surface area contributed by atoms with Crippen LogP contribution in [0.25, 0.3) is 10.2 Å². The fraction of sp³-hybridized carbons (Fsp3) is 0.163. The largest absolute Gasteiger partial charge is 0.508 e. The molecule has 0 radical (unpaired) electrons. The van der Waals surface area contributed by atoms with Gasteiger partial charge in [-0.1, -0.05) is 145 Å². The highest BCUT2D eigenvalue weighted by molar-refractivity contribution is 7.22. The number of carbonyl (C=O) groups is 4. The van der Waals surface area contributed by atoms with Crippen LogP contribution >= 0.6 is 11.3 Å². The molecular formula is C49H39N5O6S. The van der Waals surface area contributed by atoms with Gasteiger partial charge in [-0.3, -0.25) is 19.3 Å². The minimum atomic E-state index is -1.91. The number of carbonyl (C=O) groups excluding carboxylic acids is 4. The molecule has 11 nitrogen and oxygen atoms in total. The molecule has 4 amide bonds. The van der Waals surface area contributed by atoms with E-state index in [-0.39, 0.29) is 16.6 Å². The first-order valence-corrected chi connectivity index (χ1v) is 20.9. The van der Waals surface area contributed by atoms with Gasteiger partial charge in [0.2, 0.25) is 11.8 Å². The summed E-state index contributed by atoms with van der Waals surface area (Å²) >= 11 is 1.28. The van der Waals surface area contributed by atoms with Crippen molar-refractivity contribution >= 4 is 56.2 Å². The standard InChI is InChI=1S/C49H39N5O6S/c1-29(30-15-5-2-6-16-30)50-48(59)53-37-23-13-11-21-35(37)49(46(53)58)39(44(56)52-47-51-36-22-12-14-24-38(36)61-47)41-45(57)60-42(32-19-9-4-10-20-32)40(31-17-7-3-8-18-31)54(41)43(49)33-25-27-34(55)28-26-33/h2-29,39-43,55H,1H3,(H,50,59)(H,51,52,56). The van der Waals surface area contributed by atoms with Crippen molar-refractivity contribution in [2.75, 3.05) is 10.2 Å². The summed E-state index contributed by atoms with van der Waals surface area (Å²) in [6.07, 6.45) is -0.868. The topological polar surface area (TPSA) is 141 Å². The Morgan fingerprint density at radius 2 is 1.36 bits per heavy atom. The Morgan fingerprint density at radius 1 is 0.738 bits per heavy atom. The first-order valence-electron chi connectivity index (χ1n) is 20.1. The fourth-order valence-corrected chi connectivity index (χ4v) is 10.6. The molecule has 1 spiro atoms. The van der Waals surface area contributed by atoms with Gasteiger partial charge in [-0.2, -0.15) is 0 Å². The van der Waals surface area contributed by atoms with Crippen LogP contribution in [0.3, 0.4) is 0 Å². The number of aromatic nitrogens is 1. The van der Waals surface area contributed by atoms with Gasteiger partial charge in [0.25, 0.3) is 0 Å². The van der Waals surface area contributed by atoms with Crippen LogP contribution in [-0.4, -0.2) is 44.8 Å². The molecule has 0 saturated carbocycles. The number of aromatic hydroxyl groups is 1. The number of fused-ring (bicyclic) bond motifs is 4. The summed E-state index contributed by atoms with van der Waals surface area (Å²) in [4.78, 5) is 69.5. The number of benzene rings is 6. The number of rotatable bonds is 7. The molecule has 3 aliphatic heterocycles. The van der Waals surface area contributed by atoms with Crippen molar-refractivity contribution in [2.24, 2.45) is 5.92 Å². The number of urea groups is 1. The van der Waals surface area contributed by atoms with Gasteiger partial charge in [0.05, 0.1) is 39.9 Å². The summed E-state index contributed by atoms with van der Waals surface area (Å²) in [6, 6.07) is 45.0. The van der Waals surface area contributed by atoms with Gasteiger partial charge in [0, 0.05) is 0 Å². The Bertz CT molecular complexity index is 2770. The van der Waals surface area contributed by atoms with E-state index in [4.69, 9.17) is 9.72 Å². The smallest absolute Gasteiger partial charge is 0.329 e. The van der Waals surface area contributed by atoms with Gasteiger partial charge in [-0.25, -0.2) is 14.7 Å². The Labute approximate surface area is 355 Å². The monoisotopic (exact) mass is 825 g/mol. The van der Waals surface area contributed by atoms with E-state index < -0.39 is 65.4 Å². The number of phenolic OH excluding ortho intramolecular Hbond substituents is 1. The molecule has 3 aliphatic rings. The maximum atomic E-state index is 16.2. The number of hydrogen-bond acceptors (Lipinski definition) is 9. The summed E-state index contributed by atoms with van der Waals surface area (Å²) in [6.45, 7) is 1.84. The van der Waals surface area contributed by atoms with Crippen molar-refractivity contribution in [2.45, 2.75) is 42.6 Å². The average Bonchev–Trinajstić information content (AvgIpc) is 3.93. The second-order valence-electron chi connectivity index (χ2n) is 15.6. The van der Waals surface area contributed by atoms with E-state index in [9.17, 15) is 9.90 Å². The van der Waals surface area contributed by atoms with Crippen LogP contribution in [-0.2, 0) is 24.5 Å². The lowest BCUT2D eigenvalue weighted by Gasteiger charge is -2.46. The molecule has 10 rings (SSSR count). The van der Waals surface area contributed by atoms with E-state index in [2.05, 4.69) is 10.6 Å². The number of para-hydroxylation sites is 2. The Hall–Kier alpha value is -7.15. The minimum Gasteiger partial charge on any atom is -0.508 e. The number of ether oxygens (including phenoxy) is 1. The van der Waals surface area contributed by atoms with Crippen LogP contribution in [0.5, 0.6) is 5.75 Å². The molecule has 2 saturated heterocycles. The molecular weight excluding hydrogens is 787 g/mol. The number of imide groups is 1. The molecule has 0 aliphatic carbocycles. The molecule has 0 bridgehead atoms. The van der Waals surface area contributed by atoms with Crippen molar-refractivity contribution in [1.29, 1.82) is 0 Å². The number of nitrogens with one attached hydrogen (secondary N) is 2. The molecule has 7 aromatic rings. The third-order valence-corrected chi connectivity index (χ3v) is 13.2. The Morgan fingerprint density at radius 3 is 2.07 bits per heavy atom. The van der Waals surface area contributed by atoms with E-state index in [1.54, 1.807) is 36.4 Å². The van der Waals surface area contributed by atoms with Crippen LogP contribution in [0.2, 0.25) is 0 Å². The maximum Gasteiger partial charge on any atom is 0.329 e. The lowest BCUT2D eigenvalue weighted by molar-refractivity contribution is -0.177. The highest BCUT2D eigenvalue weighted by Crippen LogP contribution is 2.66. The number of amides is 4. The lowest BCUT2D eigenvalue weighted by atomic mass is 9.65. The Kier molecular flexibility index (Phi) is 9.46. The maximum absolute atomic E-state index is 16.2. The molecule has 61 heavy (non-hydrogen) atoms. The van der Waals surface area contributed by atoms with Crippen molar-refractivity contribution in [3.8, 4) is 5.75 Å². The molecule has 1 aromatic heterocycles. The predicted octanol–water partition coefficient (Wildman–Crippen LogP) is 8.78. The summed E-state index contributed by atoms with van der Waals surface area (Å²) in [5.41, 5.74) is 2.33. The predicted molar refractivity (Wildman–Crippen MR) is 232 cm³/mol. The minimum absolute atomic E-state index is 0.00801. The quantitative estimate of drug-likeness (QED) is 0.136. The molecule has 7 unspecified atom stereocenters. The summed E-state index contributed by atoms with van der Waals surface area (Å²) in [5, 5.41) is 17.0.